The Kier molecular flexibility index (Phi) is 6.56. The van der Waals surface area contributed by atoms with Crippen LogP contribution in [-0.2, 0) is 4.79 Å². The Labute approximate surface area is 106 Å². The van der Waals surface area contributed by atoms with Crippen LogP contribution in [0.25, 0.3) is 0 Å². The molecule has 0 radical (unpaired) electrons. The molecule has 1 unspecified atom stereocenters. The lowest BCUT2D eigenvalue weighted by Crippen LogP contribution is -2.37. The minimum Gasteiger partial charge on any atom is -0.353 e. The van der Waals surface area contributed by atoms with Gasteiger partial charge in [-0.05, 0) is 56.9 Å². The molecule has 3 heteroatoms. The number of amides is 1. The molecule has 1 aliphatic rings. The third kappa shape index (κ3) is 6.06. The molecule has 1 saturated carbocycles. The van der Waals surface area contributed by atoms with E-state index in [0.29, 0.717) is 18.4 Å². The van der Waals surface area contributed by atoms with Crippen molar-refractivity contribution in [2.45, 2.75) is 64.8 Å². The highest BCUT2D eigenvalue weighted by Crippen LogP contribution is 2.23. The maximum absolute atomic E-state index is 11.8. The standard InChI is InChI=1S/C14H28N2O/c1-11-3-6-13(7-4-11)16-14(17)8-5-12(2)9-10-15/h11-13H,3-10,15H2,1-2H3,(H,16,17). The van der Waals surface area contributed by atoms with E-state index in [2.05, 4.69) is 19.2 Å². The molecule has 0 spiro atoms. The van der Waals surface area contributed by atoms with E-state index in [1.165, 1.54) is 12.8 Å². The normalized spacial score (nSPS) is 26.5. The smallest absolute Gasteiger partial charge is 0.220 e. The predicted octanol–water partition coefficient (Wildman–Crippen LogP) is 2.45. The molecule has 0 aromatic heterocycles. The summed E-state index contributed by atoms with van der Waals surface area (Å²) in [7, 11) is 0. The average Bonchev–Trinajstić information content (AvgIpc) is 2.30. The van der Waals surface area contributed by atoms with Crippen LogP contribution in [0.2, 0.25) is 0 Å². The zero-order chi connectivity index (χ0) is 12.7. The maximum Gasteiger partial charge on any atom is 0.220 e. The largest absolute Gasteiger partial charge is 0.353 e. The monoisotopic (exact) mass is 240 g/mol. The second-order valence-electron chi connectivity index (χ2n) is 5.75. The Morgan fingerprint density at radius 1 is 1.29 bits per heavy atom. The van der Waals surface area contributed by atoms with Crippen molar-refractivity contribution in [1.82, 2.24) is 5.32 Å². The van der Waals surface area contributed by atoms with Crippen molar-refractivity contribution >= 4 is 5.91 Å². The lowest BCUT2D eigenvalue weighted by molar-refractivity contribution is -0.122. The molecule has 0 aliphatic heterocycles. The predicted molar refractivity (Wildman–Crippen MR) is 71.6 cm³/mol. The number of nitrogens with one attached hydrogen (secondary N) is 1. The van der Waals surface area contributed by atoms with Crippen molar-refractivity contribution in [1.29, 1.82) is 0 Å². The zero-order valence-electron chi connectivity index (χ0n) is 11.4. The Balaban J connectivity index is 2.12. The number of hydrogen-bond donors (Lipinski definition) is 2. The molecule has 0 aromatic rings. The van der Waals surface area contributed by atoms with E-state index in [4.69, 9.17) is 5.73 Å². The molecule has 3 nitrogen and oxygen atoms in total. The highest BCUT2D eigenvalue weighted by Gasteiger charge is 2.19. The first-order chi connectivity index (χ1) is 8.11. The summed E-state index contributed by atoms with van der Waals surface area (Å²) < 4.78 is 0. The molecule has 0 aromatic carbocycles. The molecule has 1 atom stereocenters. The van der Waals surface area contributed by atoms with E-state index in [-0.39, 0.29) is 5.91 Å². The van der Waals surface area contributed by atoms with Gasteiger partial charge in [0.1, 0.15) is 0 Å². The van der Waals surface area contributed by atoms with Crippen molar-refractivity contribution in [3.63, 3.8) is 0 Å². The molecular weight excluding hydrogens is 212 g/mol. The van der Waals surface area contributed by atoms with Gasteiger partial charge in [-0.2, -0.15) is 0 Å². The van der Waals surface area contributed by atoms with Crippen LogP contribution < -0.4 is 11.1 Å². The van der Waals surface area contributed by atoms with Crippen molar-refractivity contribution in [3.8, 4) is 0 Å². The fourth-order valence-electron chi connectivity index (χ4n) is 2.51. The van der Waals surface area contributed by atoms with Crippen LogP contribution in [0.4, 0.5) is 0 Å². The molecular formula is C14H28N2O. The Hall–Kier alpha value is -0.570. The molecule has 1 fully saturated rings. The van der Waals surface area contributed by atoms with Crippen molar-refractivity contribution in [3.05, 3.63) is 0 Å². The van der Waals surface area contributed by atoms with Gasteiger partial charge in [-0.25, -0.2) is 0 Å². The summed E-state index contributed by atoms with van der Waals surface area (Å²) in [6.45, 7) is 5.19. The van der Waals surface area contributed by atoms with Gasteiger partial charge in [0.25, 0.3) is 0 Å². The summed E-state index contributed by atoms with van der Waals surface area (Å²) in [6, 6.07) is 0.434. The Morgan fingerprint density at radius 3 is 2.53 bits per heavy atom. The van der Waals surface area contributed by atoms with Gasteiger partial charge >= 0.3 is 0 Å². The number of nitrogens with two attached hydrogens (primary N) is 1. The van der Waals surface area contributed by atoms with Crippen LogP contribution >= 0.6 is 0 Å². The summed E-state index contributed by atoms with van der Waals surface area (Å²) >= 11 is 0. The highest BCUT2D eigenvalue weighted by atomic mass is 16.1. The van der Waals surface area contributed by atoms with E-state index in [9.17, 15) is 4.79 Å². The summed E-state index contributed by atoms with van der Waals surface area (Å²) in [5.74, 6) is 1.64. The molecule has 1 rings (SSSR count). The van der Waals surface area contributed by atoms with Gasteiger partial charge in [0, 0.05) is 12.5 Å². The molecule has 100 valence electrons. The van der Waals surface area contributed by atoms with E-state index in [0.717, 1.165) is 38.1 Å². The van der Waals surface area contributed by atoms with Crippen LogP contribution in [0.1, 0.15) is 58.8 Å². The molecule has 0 saturated heterocycles. The second-order valence-corrected chi connectivity index (χ2v) is 5.75. The number of carbonyl (C=O) groups is 1. The van der Waals surface area contributed by atoms with Gasteiger partial charge in [0.05, 0.1) is 0 Å². The minimum absolute atomic E-state index is 0.230. The van der Waals surface area contributed by atoms with Gasteiger partial charge < -0.3 is 11.1 Å². The molecule has 0 heterocycles. The molecule has 0 bridgehead atoms. The number of hydrogen-bond acceptors (Lipinski definition) is 2. The first kappa shape index (κ1) is 14.5. The molecule has 17 heavy (non-hydrogen) atoms. The van der Waals surface area contributed by atoms with Gasteiger partial charge in [-0.1, -0.05) is 13.8 Å². The lowest BCUT2D eigenvalue weighted by Gasteiger charge is -2.27. The van der Waals surface area contributed by atoms with E-state index in [1.54, 1.807) is 0 Å². The fourth-order valence-corrected chi connectivity index (χ4v) is 2.51. The van der Waals surface area contributed by atoms with E-state index >= 15 is 0 Å². The van der Waals surface area contributed by atoms with E-state index in [1.807, 2.05) is 0 Å². The number of carbonyl (C=O) groups excluding carboxylic acids is 1. The van der Waals surface area contributed by atoms with Gasteiger partial charge in [-0.3, -0.25) is 4.79 Å². The third-order valence-corrected chi connectivity index (χ3v) is 3.90. The van der Waals surface area contributed by atoms with Crippen LogP contribution in [-0.4, -0.2) is 18.5 Å². The lowest BCUT2D eigenvalue weighted by atomic mass is 9.87. The van der Waals surface area contributed by atoms with Crippen LogP contribution in [0.15, 0.2) is 0 Å². The summed E-state index contributed by atoms with van der Waals surface area (Å²) in [4.78, 5) is 11.8. The third-order valence-electron chi connectivity index (χ3n) is 3.90. The van der Waals surface area contributed by atoms with Crippen molar-refractivity contribution in [2.75, 3.05) is 6.54 Å². The van der Waals surface area contributed by atoms with Crippen molar-refractivity contribution in [2.24, 2.45) is 17.6 Å². The first-order valence-corrected chi connectivity index (χ1v) is 7.11. The molecule has 3 N–H and O–H groups in total. The fraction of sp³-hybridized carbons (Fsp3) is 0.929. The van der Waals surface area contributed by atoms with Crippen LogP contribution in [0, 0.1) is 11.8 Å². The molecule has 1 aliphatic carbocycles. The minimum atomic E-state index is 0.230. The van der Waals surface area contributed by atoms with Crippen molar-refractivity contribution < 1.29 is 4.79 Å². The summed E-state index contributed by atoms with van der Waals surface area (Å²) in [5.41, 5.74) is 5.50. The Bertz CT molecular complexity index is 222. The van der Waals surface area contributed by atoms with Crippen LogP contribution in [0.5, 0.6) is 0 Å². The van der Waals surface area contributed by atoms with Gasteiger partial charge in [0.15, 0.2) is 0 Å². The maximum atomic E-state index is 11.8. The van der Waals surface area contributed by atoms with Crippen LogP contribution in [0.3, 0.4) is 0 Å². The quantitative estimate of drug-likeness (QED) is 0.749. The Morgan fingerprint density at radius 2 is 1.94 bits per heavy atom. The van der Waals surface area contributed by atoms with Gasteiger partial charge in [-0.15, -0.1) is 0 Å². The number of rotatable bonds is 6. The topological polar surface area (TPSA) is 55.1 Å². The van der Waals surface area contributed by atoms with Gasteiger partial charge in [0.2, 0.25) is 5.91 Å². The summed E-state index contributed by atoms with van der Waals surface area (Å²) in [5, 5.41) is 3.17. The molecule has 1 amide bonds. The zero-order valence-corrected chi connectivity index (χ0v) is 11.4. The SMILES string of the molecule is CC(CCN)CCC(=O)NC1CCC(C)CC1. The average molecular weight is 240 g/mol. The second kappa shape index (κ2) is 7.70. The summed E-state index contributed by atoms with van der Waals surface area (Å²) in [6.07, 6.45) is 7.48. The van der Waals surface area contributed by atoms with E-state index < -0.39 is 0 Å². The first-order valence-electron chi connectivity index (χ1n) is 7.11. The highest BCUT2D eigenvalue weighted by molar-refractivity contribution is 5.76.